The van der Waals surface area contributed by atoms with Gasteiger partial charge in [0.2, 0.25) is 0 Å². The maximum atomic E-state index is 10.3. The maximum absolute atomic E-state index is 10.3. The minimum atomic E-state index is -0.790. The SMILES string of the molecule is CC(CNCCCO)C(=O)O. The third-order valence-corrected chi connectivity index (χ3v) is 1.38. The Morgan fingerprint density at radius 2 is 2.27 bits per heavy atom. The van der Waals surface area contributed by atoms with Crippen molar-refractivity contribution in [3.8, 4) is 0 Å². The molecule has 0 aliphatic rings. The van der Waals surface area contributed by atoms with Crippen molar-refractivity contribution < 1.29 is 15.0 Å². The monoisotopic (exact) mass is 161 g/mol. The molecule has 0 amide bonds. The summed E-state index contributed by atoms with van der Waals surface area (Å²) in [6.07, 6.45) is 0.673. The van der Waals surface area contributed by atoms with Gasteiger partial charge in [0.25, 0.3) is 0 Å². The van der Waals surface area contributed by atoms with Crippen LogP contribution in [-0.2, 0) is 4.79 Å². The predicted octanol–water partition coefficient (Wildman–Crippen LogP) is -0.321. The molecule has 0 aromatic heterocycles. The first kappa shape index (κ1) is 10.4. The van der Waals surface area contributed by atoms with Gasteiger partial charge >= 0.3 is 5.97 Å². The summed E-state index contributed by atoms with van der Waals surface area (Å²) in [6.45, 7) is 2.94. The number of hydrogen-bond acceptors (Lipinski definition) is 3. The van der Waals surface area contributed by atoms with Gasteiger partial charge in [-0.05, 0) is 13.0 Å². The summed E-state index contributed by atoms with van der Waals surface area (Å²) >= 11 is 0. The van der Waals surface area contributed by atoms with Crippen molar-refractivity contribution in [2.75, 3.05) is 19.7 Å². The van der Waals surface area contributed by atoms with Gasteiger partial charge in [-0.25, -0.2) is 0 Å². The van der Waals surface area contributed by atoms with Crippen LogP contribution in [0.5, 0.6) is 0 Å². The topological polar surface area (TPSA) is 69.6 Å². The second kappa shape index (κ2) is 6.12. The third-order valence-electron chi connectivity index (χ3n) is 1.38. The summed E-state index contributed by atoms with van der Waals surface area (Å²) in [7, 11) is 0. The summed E-state index contributed by atoms with van der Waals surface area (Å²) in [5, 5.41) is 19.8. The number of hydrogen-bond donors (Lipinski definition) is 3. The van der Waals surface area contributed by atoms with E-state index in [9.17, 15) is 4.79 Å². The maximum Gasteiger partial charge on any atom is 0.307 e. The van der Waals surface area contributed by atoms with Crippen LogP contribution in [0.3, 0.4) is 0 Å². The second-order valence-corrected chi connectivity index (χ2v) is 2.52. The first-order valence-corrected chi connectivity index (χ1v) is 3.73. The van der Waals surface area contributed by atoms with Crippen LogP contribution in [0.15, 0.2) is 0 Å². The Morgan fingerprint density at radius 1 is 1.64 bits per heavy atom. The molecule has 0 saturated carbocycles. The largest absolute Gasteiger partial charge is 0.481 e. The number of carboxylic acid groups (broad SMARTS) is 1. The first-order chi connectivity index (χ1) is 5.18. The van der Waals surface area contributed by atoms with Crippen LogP contribution >= 0.6 is 0 Å². The van der Waals surface area contributed by atoms with E-state index < -0.39 is 5.97 Å². The van der Waals surface area contributed by atoms with Gasteiger partial charge in [-0.1, -0.05) is 6.92 Å². The molecule has 0 aromatic carbocycles. The number of rotatable bonds is 6. The molecule has 0 aliphatic heterocycles. The van der Waals surface area contributed by atoms with E-state index in [0.29, 0.717) is 19.5 Å². The minimum Gasteiger partial charge on any atom is -0.481 e. The zero-order valence-corrected chi connectivity index (χ0v) is 6.71. The van der Waals surface area contributed by atoms with E-state index in [4.69, 9.17) is 10.2 Å². The Bertz CT molecular complexity index is 116. The molecule has 1 atom stereocenters. The number of aliphatic carboxylic acids is 1. The molecule has 0 saturated heterocycles. The highest BCUT2D eigenvalue weighted by Crippen LogP contribution is 1.90. The van der Waals surface area contributed by atoms with Crippen LogP contribution < -0.4 is 5.32 Å². The van der Waals surface area contributed by atoms with Crippen molar-refractivity contribution in [1.82, 2.24) is 5.32 Å². The van der Waals surface area contributed by atoms with Gasteiger partial charge in [-0.3, -0.25) is 4.79 Å². The third kappa shape index (κ3) is 5.82. The normalized spacial score (nSPS) is 12.9. The second-order valence-electron chi connectivity index (χ2n) is 2.52. The Balaban J connectivity index is 3.17. The van der Waals surface area contributed by atoms with Crippen molar-refractivity contribution >= 4 is 5.97 Å². The lowest BCUT2D eigenvalue weighted by atomic mass is 10.2. The number of carbonyl (C=O) groups is 1. The Hall–Kier alpha value is -0.610. The summed E-state index contributed by atoms with van der Waals surface area (Å²) < 4.78 is 0. The fourth-order valence-electron chi connectivity index (χ4n) is 0.610. The van der Waals surface area contributed by atoms with E-state index in [2.05, 4.69) is 5.32 Å². The van der Waals surface area contributed by atoms with E-state index in [1.54, 1.807) is 6.92 Å². The molecule has 0 bridgehead atoms. The van der Waals surface area contributed by atoms with E-state index in [0.717, 1.165) is 0 Å². The molecule has 1 unspecified atom stereocenters. The number of carboxylic acids is 1. The molecular weight excluding hydrogens is 146 g/mol. The van der Waals surface area contributed by atoms with E-state index >= 15 is 0 Å². The lowest BCUT2D eigenvalue weighted by Crippen LogP contribution is -2.27. The fraction of sp³-hybridized carbons (Fsp3) is 0.857. The molecule has 3 N–H and O–H groups in total. The highest BCUT2D eigenvalue weighted by atomic mass is 16.4. The first-order valence-electron chi connectivity index (χ1n) is 3.73. The lowest BCUT2D eigenvalue weighted by Gasteiger charge is -2.06. The van der Waals surface area contributed by atoms with Crippen LogP contribution in [0.4, 0.5) is 0 Å². The fourth-order valence-corrected chi connectivity index (χ4v) is 0.610. The summed E-state index contributed by atoms with van der Waals surface area (Å²) in [6, 6.07) is 0. The quantitative estimate of drug-likeness (QED) is 0.467. The van der Waals surface area contributed by atoms with Gasteiger partial charge in [-0.2, -0.15) is 0 Å². The van der Waals surface area contributed by atoms with Crippen LogP contribution in [0.25, 0.3) is 0 Å². The Labute approximate surface area is 66.2 Å². The molecular formula is C7H15NO3. The average molecular weight is 161 g/mol. The molecule has 0 heterocycles. The predicted molar refractivity (Wildman–Crippen MR) is 41.4 cm³/mol. The van der Waals surface area contributed by atoms with Crippen molar-refractivity contribution in [1.29, 1.82) is 0 Å². The number of nitrogens with one attached hydrogen (secondary N) is 1. The van der Waals surface area contributed by atoms with Crippen LogP contribution in [0, 0.1) is 5.92 Å². The molecule has 66 valence electrons. The summed E-state index contributed by atoms with van der Waals surface area (Å²) in [5.41, 5.74) is 0. The molecule has 4 nitrogen and oxygen atoms in total. The minimum absolute atomic E-state index is 0.147. The van der Waals surface area contributed by atoms with Gasteiger partial charge < -0.3 is 15.5 Å². The number of aliphatic hydroxyl groups excluding tert-OH is 1. The van der Waals surface area contributed by atoms with Crippen LogP contribution in [0.2, 0.25) is 0 Å². The van der Waals surface area contributed by atoms with Crippen molar-refractivity contribution in [3.63, 3.8) is 0 Å². The molecule has 0 aromatic rings. The molecule has 0 aliphatic carbocycles. The van der Waals surface area contributed by atoms with Crippen molar-refractivity contribution in [2.24, 2.45) is 5.92 Å². The van der Waals surface area contributed by atoms with E-state index in [1.165, 1.54) is 0 Å². The summed E-state index contributed by atoms with van der Waals surface area (Å²) in [4.78, 5) is 10.3. The van der Waals surface area contributed by atoms with Crippen molar-refractivity contribution in [3.05, 3.63) is 0 Å². The van der Waals surface area contributed by atoms with Gasteiger partial charge in [0.05, 0.1) is 5.92 Å². The van der Waals surface area contributed by atoms with E-state index in [1.807, 2.05) is 0 Å². The van der Waals surface area contributed by atoms with E-state index in [-0.39, 0.29) is 12.5 Å². The zero-order chi connectivity index (χ0) is 8.69. The smallest absolute Gasteiger partial charge is 0.307 e. The van der Waals surface area contributed by atoms with Crippen molar-refractivity contribution in [2.45, 2.75) is 13.3 Å². The average Bonchev–Trinajstić information content (AvgIpc) is 1.97. The zero-order valence-electron chi connectivity index (χ0n) is 6.71. The van der Waals surface area contributed by atoms with Crippen LogP contribution in [-0.4, -0.2) is 35.9 Å². The Kier molecular flexibility index (Phi) is 5.78. The molecule has 4 heteroatoms. The molecule has 11 heavy (non-hydrogen) atoms. The van der Waals surface area contributed by atoms with Crippen LogP contribution in [0.1, 0.15) is 13.3 Å². The molecule has 0 radical (unpaired) electrons. The highest BCUT2D eigenvalue weighted by molar-refractivity contribution is 5.69. The highest BCUT2D eigenvalue weighted by Gasteiger charge is 2.08. The number of aliphatic hydroxyl groups is 1. The molecule has 0 rings (SSSR count). The summed E-state index contributed by atoms with van der Waals surface area (Å²) in [5.74, 6) is -1.14. The van der Waals surface area contributed by atoms with Gasteiger partial charge in [-0.15, -0.1) is 0 Å². The molecule has 0 spiro atoms. The van der Waals surface area contributed by atoms with Gasteiger partial charge in [0.1, 0.15) is 0 Å². The van der Waals surface area contributed by atoms with Gasteiger partial charge in [0.15, 0.2) is 0 Å². The Morgan fingerprint density at radius 3 is 2.73 bits per heavy atom. The van der Waals surface area contributed by atoms with Gasteiger partial charge in [0, 0.05) is 13.2 Å². The lowest BCUT2D eigenvalue weighted by molar-refractivity contribution is -0.140. The molecule has 0 fully saturated rings. The standard InChI is InChI=1S/C7H15NO3/c1-6(7(10)11)5-8-3-2-4-9/h6,8-9H,2-5H2,1H3,(H,10,11).